The van der Waals surface area contributed by atoms with Crippen LogP contribution in [0.3, 0.4) is 0 Å². The van der Waals surface area contributed by atoms with Crippen molar-refractivity contribution in [2.45, 2.75) is 47.0 Å². The van der Waals surface area contributed by atoms with Crippen LogP contribution >= 0.6 is 15.9 Å². The quantitative estimate of drug-likeness (QED) is 0.264. The molecule has 2 N–H and O–H groups in total. The fourth-order valence-corrected chi connectivity index (χ4v) is 4.40. The molecule has 0 unspecified atom stereocenters. The molecule has 0 saturated carbocycles. The largest absolute Gasteiger partial charge is 0.508 e. The van der Waals surface area contributed by atoms with Crippen molar-refractivity contribution >= 4 is 15.9 Å². The van der Waals surface area contributed by atoms with Gasteiger partial charge in [0.15, 0.2) is 0 Å². The van der Waals surface area contributed by atoms with Crippen molar-refractivity contribution in [3.8, 4) is 49.9 Å². The van der Waals surface area contributed by atoms with Crippen LogP contribution in [-0.2, 0) is 5.41 Å². The number of nitriles is 1. The molecule has 4 heteroatoms. The van der Waals surface area contributed by atoms with Crippen molar-refractivity contribution in [2.24, 2.45) is 0 Å². The molecule has 5 rings (SSSR count). The molecule has 3 nitrogen and oxygen atoms in total. The molecule has 0 aromatic heterocycles. The maximum atomic E-state index is 9.58. The zero-order valence-electron chi connectivity index (χ0n) is 21.8. The first kappa shape index (κ1) is 28.7. The summed E-state index contributed by atoms with van der Waals surface area (Å²) in [6.07, 6.45) is 0. The Hall–Kier alpha value is -3.55. The van der Waals surface area contributed by atoms with Crippen LogP contribution in [0.4, 0.5) is 0 Å². The first-order valence-corrected chi connectivity index (χ1v) is 13.0. The number of phenols is 2. The number of aromatic hydroxyl groups is 2. The first-order chi connectivity index (χ1) is 17.3. The van der Waals surface area contributed by atoms with Gasteiger partial charge in [0.1, 0.15) is 16.5 Å². The lowest BCUT2D eigenvalue weighted by molar-refractivity contribution is 0.475. The zero-order valence-corrected chi connectivity index (χ0v) is 23.4. The van der Waals surface area contributed by atoms with Gasteiger partial charge in [-0.3, -0.25) is 0 Å². The fourth-order valence-electron chi connectivity index (χ4n) is 4.40. The molecular formula is C32H34BrNO2. The van der Waals surface area contributed by atoms with Gasteiger partial charge in [0.05, 0.1) is 0 Å². The number of halogens is 1. The Morgan fingerprint density at radius 3 is 1.17 bits per heavy atom. The maximum absolute atomic E-state index is 9.58. The molecule has 0 radical (unpaired) electrons. The summed E-state index contributed by atoms with van der Waals surface area (Å²) in [7, 11) is 0. The second-order valence-electron chi connectivity index (χ2n) is 8.32. The third-order valence-electron chi connectivity index (χ3n) is 6.08. The highest BCUT2D eigenvalue weighted by atomic mass is 79.9. The molecule has 1 aliphatic rings. The number of hydrogen-bond donors (Lipinski definition) is 2. The number of phenolic OH excluding ortho intramolecular Hbond substituents is 2. The number of benzene rings is 4. The summed E-state index contributed by atoms with van der Waals surface area (Å²) in [6, 6.07) is 28.0. The summed E-state index contributed by atoms with van der Waals surface area (Å²) in [6.45, 7) is 12.6. The van der Waals surface area contributed by atoms with E-state index in [0.29, 0.717) is 0 Å². The standard InChI is InChI=1S/C27H22O2.2C2H6.CBrN/c1-27(2)25-15-19(17-3-9-21(28)10-4-17)7-13-23(25)24-14-8-20(16-26(24)27)18-5-11-22(29)12-6-18;2*1-2;2-1-3/h3-16,28-29H,1-2H3;2*1-2H3;. The molecule has 36 heavy (non-hydrogen) atoms. The third kappa shape index (κ3) is 5.98. The summed E-state index contributed by atoms with van der Waals surface area (Å²) < 4.78 is 0. The van der Waals surface area contributed by atoms with Crippen LogP contribution in [0.5, 0.6) is 11.5 Å². The van der Waals surface area contributed by atoms with Gasteiger partial charge in [-0.25, -0.2) is 0 Å². The van der Waals surface area contributed by atoms with E-state index in [9.17, 15) is 10.2 Å². The van der Waals surface area contributed by atoms with Crippen molar-refractivity contribution in [1.29, 1.82) is 5.26 Å². The van der Waals surface area contributed by atoms with E-state index >= 15 is 0 Å². The molecule has 0 amide bonds. The predicted octanol–water partition coefficient (Wildman–Crippen LogP) is 9.65. The summed E-state index contributed by atoms with van der Waals surface area (Å²) in [5.74, 6) is 0.564. The smallest absolute Gasteiger partial charge is 0.142 e. The van der Waals surface area contributed by atoms with Crippen molar-refractivity contribution < 1.29 is 10.2 Å². The topological polar surface area (TPSA) is 64.2 Å². The number of rotatable bonds is 2. The van der Waals surface area contributed by atoms with E-state index < -0.39 is 0 Å². The molecule has 0 spiro atoms. The molecular weight excluding hydrogens is 510 g/mol. The van der Waals surface area contributed by atoms with E-state index in [4.69, 9.17) is 5.26 Å². The zero-order chi connectivity index (χ0) is 26.9. The normalized spacial score (nSPS) is 11.6. The van der Waals surface area contributed by atoms with E-state index in [1.807, 2.05) is 52.0 Å². The number of nitrogens with zero attached hydrogens (tertiary/aromatic N) is 1. The number of fused-ring (bicyclic) bond motifs is 3. The van der Waals surface area contributed by atoms with Crippen molar-refractivity contribution in [1.82, 2.24) is 0 Å². The van der Waals surface area contributed by atoms with Crippen LogP contribution < -0.4 is 0 Å². The molecule has 0 fully saturated rings. The molecule has 0 saturated heterocycles. The van der Waals surface area contributed by atoms with Crippen LogP contribution in [-0.4, -0.2) is 10.2 Å². The van der Waals surface area contributed by atoms with Gasteiger partial charge in [-0.1, -0.05) is 90.1 Å². The summed E-state index contributed by atoms with van der Waals surface area (Å²) in [5.41, 5.74) is 9.61. The average molecular weight is 545 g/mol. The fraction of sp³-hybridized carbons (Fsp3) is 0.219. The van der Waals surface area contributed by atoms with Crippen molar-refractivity contribution in [2.75, 3.05) is 0 Å². The second kappa shape index (κ2) is 13.0. The second-order valence-corrected chi connectivity index (χ2v) is 8.68. The van der Waals surface area contributed by atoms with Crippen molar-refractivity contribution in [3.63, 3.8) is 0 Å². The number of hydrogen-bond acceptors (Lipinski definition) is 3. The molecule has 0 aliphatic heterocycles. The Bertz CT molecular complexity index is 1220. The third-order valence-corrected chi connectivity index (χ3v) is 6.08. The minimum atomic E-state index is -0.107. The Balaban J connectivity index is 0.000000596. The Morgan fingerprint density at radius 2 is 0.861 bits per heavy atom. The Labute approximate surface area is 223 Å². The van der Waals surface area contributed by atoms with Gasteiger partial charge in [-0.05, 0) is 80.9 Å². The van der Waals surface area contributed by atoms with E-state index in [2.05, 4.69) is 66.2 Å². The first-order valence-electron chi connectivity index (χ1n) is 12.2. The van der Waals surface area contributed by atoms with Gasteiger partial charge in [0.2, 0.25) is 0 Å². The van der Waals surface area contributed by atoms with Gasteiger partial charge in [-0.15, -0.1) is 0 Å². The monoisotopic (exact) mass is 543 g/mol. The Kier molecular flexibility index (Phi) is 10.3. The average Bonchev–Trinajstić information content (AvgIpc) is 3.13. The predicted molar refractivity (Wildman–Crippen MR) is 155 cm³/mol. The highest BCUT2D eigenvalue weighted by molar-refractivity contribution is 9.12. The van der Waals surface area contributed by atoms with Crippen LogP contribution in [0, 0.1) is 10.2 Å². The van der Waals surface area contributed by atoms with Gasteiger partial charge >= 0.3 is 0 Å². The molecule has 1 aliphatic carbocycles. The van der Waals surface area contributed by atoms with E-state index in [1.54, 1.807) is 29.2 Å². The molecule has 186 valence electrons. The lowest BCUT2D eigenvalue weighted by Gasteiger charge is -2.22. The summed E-state index contributed by atoms with van der Waals surface area (Å²) in [4.78, 5) is 1.56. The lowest BCUT2D eigenvalue weighted by Crippen LogP contribution is -2.15. The minimum Gasteiger partial charge on any atom is -0.508 e. The van der Waals surface area contributed by atoms with Gasteiger partial charge in [0.25, 0.3) is 0 Å². The molecule has 0 atom stereocenters. The Morgan fingerprint density at radius 1 is 0.583 bits per heavy atom. The van der Waals surface area contributed by atoms with Crippen molar-refractivity contribution in [3.05, 3.63) is 96.1 Å². The molecule has 4 aromatic rings. The van der Waals surface area contributed by atoms with Crippen LogP contribution in [0.15, 0.2) is 84.9 Å². The molecule has 0 bridgehead atoms. The molecule has 0 heterocycles. The minimum absolute atomic E-state index is 0.107. The van der Waals surface area contributed by atoms with Crippen LogP contribution in [0.25, 0.3) is 33.4 Å². The lowest BCUT2D eigenvalue weighted by atomic mass is 9.81. The van der Waals surface area contributed by atoms with E-state index in [-0.39, 0.29) is 16.9 Å². The molecule has 4 aromatic carbocycles. The van der Waals surface area contributed by atoms with E-state index in [0.717, 1.165) is 22.3 Å². The highest BCUT2D eigenvalue weighted by Gasteiger charge is 2.35. The SMILES string of the molecule is CC.CC.CC1(C)c2cc(-c3ccc(O)cc3)ccc2-c2ccc(-c3ccc(O)cc3)cc21.N#CBr. The summed E-state index contributed by atoms with van der Waals surface area (Å²) >= 11 is 2.45. The highest BCUT2D eigenvalue weighted by Crippen LogP contribution is 2.50. The van der Waals surface area contributed by atoms with Crippen LogP contribution in [0.1, 0.15) is 52.7 Å². The van der Waals surface area contributed by atoms with Crippen LogP contribution in [0.2, 0.25) is 0 Å². The van der Waals surface area contributed by atoms with Gasteiger partial charge in [0, 0.05) is 21.3 Å². The van der Waals surface area contributed by atoms with Gasteiger partial charge < -0.3 is 10.2 Å². The maximum Gasteiger partial charge on any atom is 0.142 e. The van der Waals surface area contributed by atoms with Gasteiger partial charge in [-0.2, -0.15) is 5.26 Å². The van der Waals surface area contributed by atoms with E-state index in [1.165, 1.54) is 22.3 Å². The summed E-state index contributed by atoms with van der Waals surface area (Å²) in [5, 5.41) is 26.4.